The highest BCUT2D eigenvalue weighted by atomic mass is 16.7. The summed E-state index contributed by atoms with van der Waals surface area (Å²) in [4.78, 5) is 12.6. The molecule has 0 radical (unpaired) electrons. The molecule has 2 aliphatic heterocycles. The van der Waals surface area contributed by atoms with Crippen molar-refractivity contribution in [3.63, 3.8) is 0 Å². The summed E-state index contributed by atoms with van der Waals surface area (Å²) in [5.41, 5.74) is 2.23. The molecule has 0 spiro atoms. The van der Waals surface area contributed by atoms with Gasteiger partial charge >= 0.3 is 6.09 Å². The minimum atomic E-state index is -0.286. The van der Waals surface area contributed by atoms with Crippen LogP contribution in [0.15, 0.2) is 29.8 Å². The molecule has 174 valence electrons. The van der Waals surface area contributed by atoms with Gasteiger partial charge in [-0.25, -0.2) is 4.79 Å². The van der Waals surface area contributed by atoms with Crippen LogP contribution < -0.4 is 14.8 Å². The third-order valence-electron chi connectivity index (χ3n) is 8.37. The van der Waals surface area contributed by atoms with Crippen LogP contribution in [0.25, 0.3) is 0 Å². The third-order valence-corrected chi connectivity index (χ3v) is 8.37. The van der Waals surface area contributed by atoms with E-state index in [1.165, 1.54) is 24.8 Å². The first-order chi connectivity index (χ1) is 15.5. The number of hydrogen-bond acceptors (Lipinski definition) is 5. The highest BCUT2D eigenvalue weighted by molar-refractivity contribution is 5.67. The quantitative estimate of drug-likeness (QED) is 0.636. The Morgan fingerprint density at radius 1 is 1.16 bits per heavy atom. The Labute approximate surface area is 190 Å². The normalized spacial score (nSPS) is 34.0. The monoisotopic (exact) mass is 441 g/mol. The lowest BCUT2D eigenvalue weighted by molar-refractivity contribution is -0.165. The summed E-state index contributed by atoms with van der Waals surface area (Å²) in [5.74, 6) is 2.38. The van der Waals surface area contributed by atoms with E-state index in [1.807, 2.05) is 12.1 Å². The van der Waals surface area contributed by atoms with Gasteiger partial charge in [-0.05, 0) is 49.3 Å². The maximum atomic E-state index is 12.6. The van der Waals surface area contributed by atoms with Crippen molar-refractivity contribution in [1.82, 2.24) is 5.32 Å². The number of allylic oxidation sites excluding steroid dienone is 1. The van der Waals surface area contributed by atoms with Gasteiger partial charge in [-0.3, -0.25) is 0 Å². The lowest BCUT2D eigenvalue weighted by Gasteiger charge is -2.55. The molecule has 0 aromatic heterocycles. The number of fused-ring (bicyclic) bond motifs is 3. The van der Waals surface area contributed by atoms with Crippen LogP contribution >= 0.6 is 0 Å². The highest BCUT2D eigenvalue weighted by Gasteiger charge is 2.54. The Morgan fingerprint density at radius 2 is 1.94 bits per heavy atom. The van der Waals surface area contributed by atoms with Gasteiger partial charge < -0.3 is 24.3 Å². The van der Waals surface area contributed by atoms with Crippen LogP contribution in [0.3, 0.4) is 0 Å². The van der Waals surface area contributed by atoms with Gasteiger partial charge in [0.2, 0.25) is 6.79 Å². The number of carbonyl (C=O) groups is 1. The molecule has 1 aromatic rings. The predicted octanol–water partition coefficient (Wildman–Crippen LogP) is 5.38. The molecule has 32 heavy (non-hydrogen) atoms. The van der Waals surface area contributed by atoms with Crippen LogP contribution in [0.2, 0.25) is 0 Å². The zero-order valence-electron chi connectivity index (χ0n) is 19.4. The van der Waals surface area contributed by atoms with Gasteiger partial charge in [-0.1, -0.05) is 50.8 Å². The molecule has 5 rings (SSSR count). The molecule has 2 heterocycles. The summed E-state index contributed by atoms with van der Waals surface area (Å²) >= 11 is 0. The van der Waals surface area contributed by atoms with E-state index in [9.17, 15) is 4.79 Å². The van der Waals surface area contributed by atoms with E-state index in [4.69, 9.17) is 18.9 Å². The first-order valence-electron chi connectivity index (χ1n) is 12.1. The van der Waals surface area contributed by atoms with Crippen LogP contribution in [0.1, 0.15) is 64.5 Å². The average molecular weight is 442 g/mol. The van der Waals surface area contributed by atoms with Crippen molar-refractivity contribution < 1.29 is 23.7 Å². The molecule has 2 bridgehead atoms. The molecule has 2 aliphatic carbocycles. The number of amides is 1. The van der Waals surface area contributed by atoms with E-state index in [0.717, 1.165) is 29.9 Å². The van der Waals surface area contributed by atoms with Crippen molar-refractivity contribution >= 4 is 6.09 Å². The second kappa shape index (κ2) is 8.62. The Morgan fingerprint density at radius 3 is 2.75 bits per heavy atom. The maximum absolute atomic E-state index is 12.6. The van der Waals surface area contributed by atoms with Gasteiger partial charge in [-0.2, -0.15) is 0 Å². The first-order valence-corrected chi connectivity index (χ1v) is 12.1. The molecular weight excluding hydrogens is 406 g/mol. The molecule has 1 N–H and O–H groups in total. The number of benzene rings is 1. The molecule has 1 saturated carbocycles. The number of alkyl carbamates (subject to hydrolysis) is 1. The van der Waals surface area contributed by atoms with E-state index < -0.39 is 0 Å². The predicted molar refractivity (Wildman–Crippen MR) is 121 cm³/mol. The molecule has 1 saturated heterocycles. The number of rotatable bonds is 4. The second-order valence-electron chi connectivity index (χ2n) is 10.1. The molecule has 1 aromatic carbocycles. The van der Waals surface area contributed by atoms with Crippen molar-refractivity contribution in [2.75, 3.05) is 20.0 Å². The minimum absolute atomic E-state index is 0.0487. The number of ether oxygens (including phenoxy) is 4. The number of nitrogens with one attached hydrogen (secondary N) is 1. The molecule has 5 atom stereocenters. The SMILES string of the molecule is CC1=C[C@H](C)[C@@]2(COC(=O)NC3CCCCC3)CO[C@H](c3ccc4c(c3)OCO4)[C@H]1[C@H]2C. The van der Waals surface area contributed by atoms with Crippen LogP contribution in [0.4, 0.5) is 4.79 Å². The van der Waals surface area contributed by atoms with Crippen molar-refractivity contribution in [3.8, 4) is 11.5 Å². The fourth-order valence-electron chi connectivity index (χ4n) is 6.30. The van der Waals surface area contributed by atoms with Crippen molar-refractivity contribution in [2.24, 2.45) is 23.2 Å². The molecule has 6 heteroatoms. The summed E-state index contributed by atoms with van der Waals surface area (Å²) < 4.78 is 23.5. The van der Waals surface area contributed by atoms with Gasteiger partial charge in [0.25, 0.3) is 0 Å². The van der Waals surface area contributed by atoms with Crippen molar-refractivity contribution in [3.05, 3.63) is 35.4 Å². The highest BCUT2D eigenvalue weighted by Crippen LogP contribution is 2.56. The lowest BCUT2D eigenvalue weighted by Crippen LogP contribution is -2.55. The Bertz CT molecular complexity index is 892. The van der Waals surface area contributed by atoms with E-state index in [-0.39, 0.29) is 42.3 Å². The Hall–Kier alpha value is -2.21. The molecule has 4 aliphatic rings. The topological polar surface area (TPSA) is 66.0 Å². The smallest absolute Gasteiger partial charge is 0.407 e. The largest absolute Gasteiger partial charge is 0.454 e. The Kier molecular flexibility index (Phi) is 5.82. The molecule has 2 fully saturated rings. The first kappa shape index (κ1) is 21.6. The second-order valence-corrected chi connectivity index (χ2v) is 10.1. The molecule has 0 unspecified atom stereocenters. The molecule has 6 nitrogen and oxygen atoms in total. The summed E-state index contributed by atoms with van der Waals surface area (Å²) in [6.07, 6.45) is 7.76. The fraction of sp³-hybridized carbons (Fsp3) is 0.654. The number of carbonyl (C=O) groups excluding carboxylic acids is 1. The molecular formula is C26H35NO5. The summed E-state index contributed by atoms with van der Waals surface area (Å²) in [6.45, 7) is 7.93. The summed E-state index contributed by atoms with van der Waals surface area (Å²) in [5, 5.41) is 3.08. The van der Waals surface area contributed by atoms with Gasteiger partial charge in [0, 0.05) is 17.4 Å². The fourth-order valence-corrected chi connectivity index (χ4v) is 6.30. The Balaban J connectivity index is 1.32. The van der Waals surface area contributed by atoms with Gasteiger partial charge in [0.15, 0.2) is 11.5 Å². The minimum Gasteiger partial charge on any atom is -0.454 e. The van der Waals surface area contributed by atoms with Crippen LogP contribution in [0.5, 0.6) is 11.5 Å². The molecule has 1 amide bonds. The standard InChI is InChI=1S/C26H35NO5/c1-16-11-17(2)26(14-30-25(28)27-20-7-5-4-6-8-20)13-29-24(23(16)18(26)3)19-9-10-21-22(12-19)32-15-31-21/h9-12,17-18,20,23-24H,4-8,13-15H2,1-3H3,(H,27,28)/t17-,18+,23+,24+,26-/m0/s1. The van der Waals surface area contributed by atoms with E-state index in [0.29, 0.717) is 19.1 Å². The van der Waals surface area contributed by atoms with E-state index in [1.54, 1.807) is 0 Å². The maximum Gasteiger partial charge on any atom is 0.407 e. The van der Waals surface area contributed by atoms with E-state index in [2.05, 4.69) is 38.2 Å². The van der Waals surface area contributed by atoms with Gasteiger partial charge in [0.1, 0.15) is 6.61 Å². The van der Waals surface area contributed by atoms with Gasteiger partial charge in [0.05, 0.1) is 12.7 Å². The number of hydrogen-bond donors (Lipinski definition) is 1. The zero-order valence-corrected chi connectivity index (χ0v) is 19.4. The summed E-state index contributed by atoms with van der Waals surface area (Å²) in [6, 6.07) is 6.35. The van der Waals surface area contributed by atoms with Crippen molar-refractivity contribution in [1.29, 1.82) is 0 Å². The lowest BCUT2D eigenvalue weighted by atomic mass is 9.56. The zero-order chi connectivity index (χ0) is 22.3. The summed E-state index contributed by atoms with van der Waals surface area (Å²) in [7, 11) is 0. The third kappa shape index (κ3) is 3.76. The van der Waals surface area contributed by atoms with Crippen molar-refractivity contribution in [2.45, 2.75) is 65.0 Å². The van der Waals surface area contributed by atoms with Crippen LogP contribution in [-0.4, -0.2) is 32.1 Å². The van der Waals surface area contributed by atoms with Crippen LogP contribution in [0, 0.1) is 23.2 Å². The average Bonchev–Trinajstić information content (AvgIpc) is 3.25. The van der Waals surface area contributed by atoms with E-state index >= 15 is 0 Å². The van der Waals surface area contributed by atoms with Crippen LogP contribution in [-0.2, 0) is 9.47 Å². The van der Waals surface area contributed by atoms with Gasteiger partial charge in [-0.15, -0.1) is 0 Å².